The lowest BCUT2D eigenvalue weighted by molar-refractivity contribution is -0.144. The SMILES string of the molecule is NC(N)=NCCC[C@H](NC(=O)[C@@H]1CCCN1C(=O)[C@@H](N)CS)C(=O)O. The number of amides is 2. The number of carboxylic acid groups (broad SMARTS) is 1. The van der Waals surface area contributed by atoms with Gasteiger partial charge in [0.2, 0.25) is 11.8 Å². The van der Waals surface area contributed by atoms with Gasteiger partial charge in [-0.2, -0.15) is 12.6 Å². The summed E-state index contributed by atoms with van der Waals surface area (Å²) in [6, 6.07) is -2.57. The average Bonchev–Trinajstić information content (AvgIpc) is 3.05. The second-order valence-electron chi connectivity index (χ2n) is 5.83. The summed E-state index contributed by atoms with van der Waals surface area (Å²) in [7, 11) is 0. The summed E-state index contributed by atoms with van der Waals surface area (Å²) in [6.07, 6.45) is 1.70. The van der Waals surface area contributed by atoms with E-state index in [1.165, 1.54) is 4.90 Å². The lowest BCUT2D eigenvalue weighted by Crippen LogP contribution is -2.54. The summed E-state index contributed by atoms with van der Waals surface area (Å²) in [5.74, 6) is -1.90. The van der Waals surface area contributed by atoms with Crippen LogP contribution in [0.25, 0.3) is 0 Å². The third-order valence-corrected chi connectivity index (χ3v) is 4.31. The summed E-state index contributed by atoms with van der Waals surface area (Å²) < 4.78 is 0. The van der Waals surface area contributed by atoms with Gasteiger partial charge in [0.25, 0.3) is 0 Å². The maximum Gasteiger partial charge on any atom is 0.326 e. The van der Waals surface area contributed by atoms with Crippen LogP contribution in [0.1, 0.15) is 25.7 Å². The van der Waals surface area contributed by atoms with Crippen LogP contribution in [0.2, 0.25) is 0 Å². The van der Waals surface area contributed by atoms with Crippen LogP contribution in [0.15, 0.2) is 4.99 Å². The van der Waals surface area contributed by atoms with Crippen LogP contribution in [0, 0.1) is 0 Å². The highest BCUT2D eigenvalue weighted by molar-refractivity contribution is 7.80. The van der Waals surface area contributed by atoms with Crippen molar-refractivity contribution in [3.8, 4) is 0 Å². The van der Waals surface area contributed by atoms with Crippen molar-refractivity contribution in [3.63, 3.8) is 0 Å². The molecule has 0 aromatic rings. The van der Waals surface area contributed by atoms with Crippen molar-refractivity contribution >= 4 is 36.4 Å². The number of carboxylic acids is 1. The molecule has 0 aromatic heterocycles. The molecule has 3 atom stereocenters. The predicted octanol–water partition coefficient (Wildman–Crippen LogP) is -2.14. The Bertz CT molecular complexity index is 525. The number of aliphatic carboxylic acids is 1. The number of carbonyl (C=O) groups excluding carboxylic acids is 2. The lowest BCUT2D eigenvalue weighted by Gasteiger charge is -2.27. The number of nitrogens with zero attached hydrogens (tertiary/aromatic N) is 2. The second kappa shape index (κ2) is 10.1. The predicted molar refractivity (Wildman–Crippen MR) is 96.0 cm³/mol. The summed E-state index contributed by atoms with van der Waals surface area (Å²) >= 11 is 3.99. The minimum Gasteiger partial charge on any atom is -0.480 e. The van der Waals surface area contributed by atoms with E-state index in [2.05, 4.69) is 22.9 Å². The third-order valence-electron chi connectivity index (χ3n) is 3.91. The number of rotatable bonds is 9. The number of nitrogens with two attached hydrogens (primary N) is 3. The van der Waals surface area contributed by atoms with E-state index in [-0.39, 0.29) is 30.6 Å². The fourth-order valence-corrected chi connectivity index (χ4v) is 2.78. The molecule has 0 aromatic carbocycles. The molecular weight excluding hydrogens is 348 g/mol. The van der Waals surface area contributed by atoms with Crippen LogP contribution < -0.4 is 22.5 Å². The number of thiol groups is 1. The van der Waals surface area contributed by atoms with Gasteiger partial charge in [0.15, 0.2) is 5.96 Å². The Kier molecular flexibility index (Phi) is 8.49. The summed E-state index contributed by atoms with van der Waals surface area (Å²) in [4.78, 5) is 41.1. The molecule has 11 heteroatoms. The van der Waals surface area contributed by atoms with E-state index >= 15 is 0 Å². The second-order valence-corrected chi connectivity index (χ2v) is 6.19. The zero-order chi connectivity index (χ0) is 19.0. The molecule has 2 amide bonds. The molecule has 0 aliphatic carbocycles. The summed E-state index contributed by atoms with van der Waals surface area (Å²) in [5.41, 5.74) is 16.1. The van der Waals surface area contributed by atoms with Gasteiger partial charge in [0.05, 0.1) is 6.04 Å². The largest absolute Gasteiger partial charge is 0.480 e. The van der Waals surface area contributed by atoms with E-state index in [0.29, 0.717) is 25.8 Å². The monoisotopic (exact) mass is 374 g/mol. The number of guanidine groups is 1. The van der Waals surface area contributed by atoms with Crippen LogP contribution in [0.4, 0.5) is 0 Å². The quantitative estimate of drug-likeness (QED) is 0.115. The summed E-state index contributed by atoms with van der Waals surface area (Å²) in [6.45, 7) is 0.688. The maximum absolute atomic E-state index is 12.4. The van der Waals surface area contributed by atoms with Crippen molar-refractivity contribution < 1.29 is 19.5 Å². The van der Waals surface area contributed by atoms with Gasteiger partial charge in [0.1, 0.15) is 12.1 Å². The van der Waals surface area contributed by atoms with Crippen molar-refractivity contribution in [1.29, 1.82) is 0 Å². The minimum atomic E-state index is -1.15. The molecule has 10 nitrogen and oxygen atoms in total. The number of likely N-dealkylation sites (tertiary alicyclic amines) is 1. The van der Waals surface area contributed by atoms with Gasteiger partial charge in [-0.1, -0.05) is 0 Å². The number of nitrogens with one attached hydrogen (secondary N) is 1. The summed E-state index contributed by atoms with van der Waals surface area (Å²) in [5, 5.41) is 11.7. The third kappa shape index (κ3) is 6.42. The van der Waals surface area contributed by atoms with Crippen LogP contribution >= 0.6 is 12.6 Å². The lowest BCUT2D eigenvalue weighted by atomic mass is 10.1. The van der Waals surface area contributed by atoms with Crippen LogP contribution in [0.3, 0.4) is 0 Å². The van der Waals surface area contributed by atoms with E-state index < -0.39 is 30.0 Å². The van der Waals surface area contributed by atoms with Gasteiger partial charge in [0, 0.05) is 18.8 Å². The van der Waals surface area contributed by atoms with Crippen molar-refractivity contribution in [1.82, 2.24) is 10.2 Å². The molecule has 8 N–H and O–H groups in total. The van der Waals surface area contributed by atoms with Gasteiger partial charge in [-0.3, -0.25) is 14.6 Å². The van der Waals surface area contributed by atoms with Gasteiger partial charge in [-0.05, 0) is 25.7 Å². The minimum absolute atomic E-state index is 0.0726. The molecule has 1 saturated heterocycles. The maximum atomic E-state index is 12.4. The highest BCUT2D eigenvalue weighted by Gasteiger charge is 2.37. The smallest absolute Gasteiger partial charge is 0.326 e. The molecule has 1 aliphatic heterocycles. The molecule has 0 unspecified atom stereocenters. The normalized spacial score (nSPS) is 19.1. The van der Waals surface area contributed by atoms with Crippen LogP contribution in [-0.2, 0) is 14.4 Å². The van der Waals surface area contributed by atoms with Gasteiger partial charge in [-0.25, -0.2) is 4.79 Å². The van der Waals surface area contributed by atoms with Crippen LogP contribution in [-0.4, -0.2) is 70.7 Å². The first-order valence-electron chi connectivity index (χ1n) is 8.03. The molecule has 142 valence electrons. The fraction of sp³-hybridized carbons (Fsp3) is 0.714. The molecule has 0 bridgehead atoms. The van der Waals surface area contributed by atoms with E-state index in [4.69, 9.17) is 17.2 Å². The molecule has 0 radical (unpaired) electrons. The first kappa shape index (κ1) is 21.0. The van der Waals surface area contributed by atoms with E-state index in [1.54, 1.807) is 0 Å². The van der Waals surface area contributed by atoms with E-state index in [9.17, 15) is 19.5 Å². The Morgan fingerprint density at radius 2 is 2.04 bits per heavy atom. The highest BCUT2D eigenvalue weighted by Crippen LogP contribution is 2.19. The standard InChI is InChI=1S/C14H26N6O4S/c15-8(7-25)12(22)20-6-2-4-10(20)11(21)19-9(13(23)24)3-1-5-18-14(16)17/h8-10,25H,1-7,15H2,(H,19,21)(H,23,24)(H4,16,17,18)/t8-,9-,10-/m0/s1. The first-order valence-corrected chi connectivity index (χ1v) is 8.66. The Hall–Kier alpha value is -2.01. The first-order chi connectivity index (χ1) is 11.8. The molecular formula is C14H26N6O4S. The Balaban J connectivity index is 2.64. The highest BCUT2D eigenvalue weighted by atomic mass is 32.1. The number of carbonyl (C=O) groups is 3. The Labute approximate surface area is 151 Å². The van der Waals surface area contributed by atoms with Crippen LogP contribution in [0.5, 0.6) is 0 Å². The topological polar surface area (TPSA) is 177 Å². The van der Waals surface area contributed by atoms with Gasteiger partial charge >= 0.3 is 5.97 Å². The molecule has 25 heavy (non-hydrogen) atoms. The average molecular weight is 374 g/mol. The molecule has 1 aliphatic rings. The molecule has 1 rings (SSSR count). The van der Waals surface area contributed by atoms with Gasteiger partial charge < -0.3 is 32.5 Å². The van der Waals surface area contributed by atoms with E-state index in [1.807, 2.05) is 0 Å². The fourth-order valence-electron chi connectivity index (χ4n) is 2.62. The molecule has 1 fully saturated rings. The van der Waals surface area contributed by atoms with Gasteiger partial charge in [-0.15, -0.1) is 0 Å². The molecule has 0 saturated carbocycles. The van der Waals surface area contributed by atoms with Crippen molar-refractivity contribution in [2.75, 3.05) is 18.8 Å². The Morgan fingerprint density at radius 1 is 1.36 bits per heavy atom. The van der Waals surface area contributed by atoms with E-state index in [0.717, 1.165) is 0 Å². The molecule has 0 spiro atoms. The zero-order valence-electron chi connectivity index (χ0n) is 13.9. The van der Waals surface area contributed by atoms with Crippen molar-refractivity contribution in [2.24, 2.45) is 22.2 Å². The van der Waals surface area contributed by atoms with Crippen molar-refractivity contribution in [3.05, 3.63) is 0 Å². The number of hydrogen-bond acceptors (Lipinski definition) is 6. The number of hydrogen-bond donors (Lipinski definition) is 6. The zero-order valence-corrected chi connectivity index (χ0v) is 14.8. The Morgan fingerprint density at radius 3 is 2.60 bits per heavy atom. The number of aliphatic imine (C=N–C) groups is 1. The molecule has 1 heterocycles. The van der Waals surface area contributed by atoms with Crippen molar-refractivity contribution in [2.45, 2.75) is 43.8 Å².